The molecule has 0 aliphatic heterocycles. The summed E-state index contributed by atoms with van der Waals surface area (Å²) in [5, 5.41) is 10.6. The number of phenols is 1. The summed E-state index contributed by atoms with van der Waals surface area (Å²) in [7, 11) is 0. The molecule has 0 saturated carbocycles. The first kappa shape index (κ1) is 12.4. The molecule has 15 heavy (non-hydrogen) atoms. The van der Waals surface area contributed by atoms with E-state index >= 15 is 0 Å². The molecule has 1 rings (SSSR count). The van der Waals surface area contributed by atoms with Gasteiger partial charge in [-0.3, -0.25) is 0 Å². The van der Waals surface area contributed by atoms with Crippen LogP contribution in [-0.4, -0.2) is 5.11 Å². The highest BCUT2D eigenvalue weighted by molar-refractivity contribution is 6.31. The summed E-state index contributed by atoms with van der Waals surface area (Å²) in [5.74, 6) is 0.691. The lowest BCUT2D eigenvalue weighted by Gasteiger charge is -2.16. The normalized spacial score (nSPS) is 11.0. The molecule has 0 bridgehead atoms. The van der Waals surface area contributed by atoms with E-state index in [4.69, 9.17) is 11.6 Å². The zero-order valence-corrected chi connectivity index (χ0v) is 10.4. The van der Waals surface area contributed by atoms with E-state index in [1.165, 1.54) is 0 Å². The minimum atomic E-state index is 0.315. The van der Waals surface area contributed by atoms with Crippen LogP contribution in [0.15, 0.2) is 12.1 Å². The van der Waals surface area contributed by atoms with Gasteiger partial charge in [0.25, 0.3) is 0 Å². The van der Waals surface area contributed by atoms with Crippen molar-refractivity contribution in [1.29, 1.82) is 0 Å². The van der Waals surface area contributed by atoms with Gasteiger partial charge in [-0.05, 0) is 36.5 Å². The predicted octanol–water partition coefficient (Wildman–Crippen LogP) is 4.51. The van der Waals surface area contributed by atoms with E-state index in [9.17, 15) is 5.11 Å². The SMILES string of the molecule is CCCCc1c(Cl)ccc(O)c1C(C)C. The van der Waals surface area contributed by atoms with Crippen molar-refractivity contribution in [3.05, 3.63) is 28.3 Å². The van der Waals surface area contributed by atoms with E-state index < -0.39 is 0 Å². The molecule has 0 radical (unpaired) electrons. The van der Waals surface area contributed by atoms with Gasteiger partial charge < -0.3 is 5.11 Å². The second-order valence-electron chi connectivity index (χ2n) is 4.22. The Kier molecular flexibility index (Phi) is 4.46. The lowest BCUT2D eigenvalue weighted by atomic mass is 9.93. The van der Waals surface area contributed by atoms with Gasteiger partial charge >= 0.3 is 0 Å². The van der Waals surface area contributed by atoms with E-state index in [0.717, 1.165) is 35.4 Å². The Balaban J connectivity index is 3.13. The molecule has 0 unspecified atom stereocenters. The van der Waals surface area contributed by atoms with E-state index in [1.54, 1.807) is 12.1 Å². The zero-order chi connectivity index (χ0) is 11.4. The lowest BCUT2D eigenvalue weighted by molar-refractivity contribution is 0.463. The van der Waals surface area contributed by atoms with Crippen LogP contribution in [0, 0.1) is 0 Å². The van der Waals surface area contributed by atoms with Crippen LogP contribution < -0.4 is 0 Å². The number of hydrogen-bond donors (Lipinski definition) is 1. The Hall–Kier alpha value is -0.690. The Labute approximate surface area is 97.1 Å². The van der Waals surface area contributed by atoms with Crippen molar-refractivity contribution in [2.45, 2.75) is 46.0 Å². The third kappa shape index (κ3) is 2.88. The summed E-state index contributed by atoms with van der Waals surface area (Å²) in [5.41, 5.74) is 2.13. The van der Waals surface area contributed by atoms with Crippen LogP contribution in [0.4, 0.5) is 0 Å². The predicted molar refractivity (Wildman–Crippen MR) is 65.8 cm³/mol. The quantitative estimate of drug-likeness (QED) is 0.801. The van der Waals surface area contributed by atoms with Crippen LogP contribution in [0.2, 0.25) is 5.02 Å². The molecule has 0 aliphatic carbocycles. The number of phenolic OH excluding ortho intramolecular Hbond substituents is 1. The fourth-order valence-corrected chi connectivity index (χ4v) is 2.14. The van der Waals surface area contributed by atoms with Gasteiger partial charge in [0.15, 0.2) is 0 Å². The summed E-state index contributed by atoms with van der Waals surface area (Å²) in [6.07, 6.45) is 3.21. The molecule has 0 amide bonds. The number of rotatable bonds is 4. The zero-order valence-electron chi connectivity index (χ0n) is 9.68. The molecular formula is C13H19ClO. The van der Waals surface area contributed by atoms with Crippen LogP contribution in [0.3, 0.4) is 0 Å². The molecule has 1 N–H and O–H groups in total. The number of unbranched alkanes of at least 4 members (excludes halogenated alkanes) is 1. The molecule has 1 nitrogen and oxygen atoms in total. The Morgan fingerprint density at radius 3 is 2.53 bits per heavy atom. The lowest BCUT2D eigenvalue weighted by Crippen LogP contribution is -1.98. The van der Waals surface area contributed by atoms with Gasteiger partial charge in [0.05, 0.1) is 0 Å². The van der Waals surface area contributed by atoms with Gasteiger partial charge in [0.2, 0.25) is 0 Å². The van der Waals surface area contributed by atoms with Crippen LogP contribution >= 0.6 is 11.6 Å². The molecule has 0 fully saturated rings. The van der Waals surface area contributed by atoms with E-state index in [-0.39, 0.29) is 0 Å². The van der Waals surface area contributed by atoms with Gasteiger partial charge in [0, 0.05) is 10.6 Å². The van der Waals surface area contributed by atoms with Crippen LogP contribution in [-0.2, 0) is 6.42 Å². The molecule has 0 aromatic heterocycles. The summed E-state index contributed by atoms with van der Waals surface area (Å²) in [4.78, 5) is 0. The summed E-state index contributed by atoms with van der Waals surface area (Å²) in [6.45, 7) is 6.33. The van der Waals surface area contributed by atoms with Crippen molar-refractivity contribution >= 4 is 11.6 Å². The highest BCUT2D eigenvalue weighted by atomic mass is 35.5. The first-order valence-electron chi connectivity index (χ1n) is 5.58. The molecule has 1 aromatic carbocycles. The molecule has 1 aromatic rings. The van der Waals surface area contributed by atoms with Crippen molar-refractivity contribution in [3.63, 3.8) is 0 Å². The Bertz CT molecular complexity index is 332. The minimum Gasteiger partial charge on any atom is -0.508 e. The standard InChI is InChI=1S/C13H19ClO/c1-4-5-6-10-11(14)7-8-12(15)13(10)9(2)3/h7-9,15H,4-6H2,1-3H3. The van der Waals surface area contributed by atoms with E-state index in [1.807, 2.05) is 0 Å². The largest absolute Gasteiger partial charge is 0.508 e. The second kappa shape index (κ2) is 5.41. The highest BCUT2D eigenvalue weighted by Crippen LogP contribution is 2.34. The van der Waals surface area contributed by atoms with Crippen LogP contribution in [0.5, 0.6) is 5.75 Å². The number of aromatic hydroxyl groups is 1. The van der Waals surface area contributed by atoms with Gasteiger partial charge in [0.1, 0.15) is 5.75 Å². The van der Waals surface area contributed by atoms with Crippen molar-refractivity contribution in [2.24, 2.45) is 0 Å². The number of benzene rings is 1. The van der Waals surface area contributed by atoms with Gasteiger partial charge in [-0.2, -0.15) is 0 Å². The van der Waals surface area contributed by atoms with Crippen molar-refractivity contribution in [3.8, 4) is 5.75 Å². The van der Waals surface area contributed by atoms with Crippen LogP contribution in [0.1, 0.15) is 50.7 Å². The van der Waals surface area contributed by atoms with Crippen molar-refractivity contribution in [1.82, 2.24) is 0 Å². The van der Waals surface area contributed by atoms with Crippen molar-refractivity contribution in [2.75, 3.05) is 0 Å². The maximum atomic E-state index is 9.83. The van der Waals surface area contributed by atoms with Gasteiger partial charge in [-0.1, -0.05) is 38.8 Å². The molecule has 0 spiro atoms. The van der Waals surface area contributed by atoms with Crippen molar-refractivity contribution < 1.29 is 5.11 Å². The molecular weight excluding hydrogens is 208 g/mol. The van der Waals surface area contributed by atoms with E-state index in [0.29, 0.717) is 11.7 Å². The maximum Gasteiger partial charge on any atom is 0.119 e. The number of halogens is 1. The first-order valence-corrected chi connectivity index (χ1v) is 5.96. The molecule has 2 heteroatoms. The molecule has 0 saturated heterocycles. The fraction of sp³-hybridized carbons (Fsp3) is 0.538. The van der Waals surface area contributed by atoms with Gasteiger partial charge in [-0.15, -0.1) is 0 Å². The van der Waals surface area contributed by atoms with Gasteiger partial charge in [-0.25, -0.2) is 0 Å². The van der Waals surface area contributed by atoms with Crippen LogP contribution in [0.25, 0.3) is 0 Å². The summed E-state index contributed by atoms with van der Waals surface area (Å²) < 4.78 is 0. The molecule has 84 valence electrons. The smallest absolute Gasteiger partial charge is 0.119 e. The Morgan fingerprint density at radius 1 is 1.33 bits per heavy atom. The average Bonchev–Trinajstić information content (AvgIpc) is 2.18. The maximum absolute atomic E-state index is 9.83. The molecule has 0 atom stereocenters. The monoisotopic (exact) mass is 226 g/mol. The third-order valence-electron chi connectivity index (χ3n) is 2.63. The topological polar surface area (TPSA) is 20.2 Å². The number of hydrogen-bond acceptors (Lipinski definition) is 1. The first-order chi connectivity index (χ1) is 7.07. The minimum absolute atomic E-state index is 0.315. The van der Waals surface area contributed by atoms with E-state index in [2.05, 4.69) is 20.8 Å². The fourth-order valence-electron chi connectivity index (χ4n) is 1.88. The molecule has 0 aliphatic rings. The average molecular weight is 227 g/mol. The Morgan fingerprint density at radius 2 is 2.00 bits per heavy atom. The molecule has 0 heterocycles. The summed E-state index contributed by atoms with van der Waals surface area (Å²) >= 11 is 6.17. The second-order valence-corrected chi connectivity index (χ2v) is 4.62. The highest BCUT2D eigenvalue weighted by Gasteiger charge is 2.14. The summed E-state index contributed by atoms with van der Waals surface area (Å²) in [6, 6.07) is 3.47. The third-order valence-corrected chi connectivity index (χ3v) is 2.99.